The van der Waals surface area contributed by atoms with Gasteiger partial charge in [0.05, 0.1) is 11.4 Å². The summed E-state index contributed by atoms with van der Waals surface area (Å²) in [6.07, 6.45) is 2.19. The number of fused-ring (bicyclic) bond motifs is 2. The van der Waals surface area contributed by atoms with E-state index in [1.54, 1.807) is 18.7 Å². The molecule has 0 fully saturated rings. The van der Waals surface area contributed by atoms with Crippen molar-refractivity contribution in [2.75, 3.05) is 32.1 Å². The van der Waals surface area contributed by atoms with Gasteiger partial charge >= 0.3 is 11.9 Å². The number of carbonyl (C=O) groups is 3. The van der Waals surface area contributed by atoms with E-state index in [4.69, 9.17) is 10.2 Å². The maximum absolute atomic E-state index is 11.8. The second kappa shape index (κ2) is 11.3. The molecule has 0 saturated carbocycles. The SMILES string of the molecule is CC(=O)c1ccc2c(c1)N(CCCN(C)C)c1ccccc1S2.O=C(O)C=CC(=O)O. The van der Waals surface area contributed by atoms with Crippen LogP contribution in [-0.2, 0) is 9.59 Å². The Morgan fingerprint density at radius 3 is 2.16 bits per heavy atom. The minimum absolute atomic E-state index is 0.116. The molecule has 0 aromatic heterocycles. The van der Waals surface area contributed by atoms with Crippen LogP contribution in [0.25, 0.3) is 0 Å². The molecule has 0 radical (unpaired) electrons. The Morgan fingerprint density at radius 2 is 1.58 bits per heavy atom. The average Bonchev–Trinajstić information content (AvgIpc) is 2.71. The van der Waals surface area contributed by atoms with Gasteiger partial charge in [-0.2, -0.15) is 0 Å². The molecule has 164 valence electrons. The first-order chi connectivity index (χ1) is 14.7. The van der Waals surface area contributed by atoms with Crippen LogP contribution in [0.15, 0.2) is 64.4 Å². The normalized spacial score (nSPS) is 12.1. The first-order valence-electron chi connectivity index (χ1n) is 9.67. The maximum atomic E-state index is 11.8. The minimum Gasteiger partial charge on any atom is -0.478 e. The lowest BCUT2D eigenvalue weighted by Gasteiger charge is -2.33. The van der Waals surface area contributed by atoms with Crippen LogP contribution in [0.1, 0.15) is 23.7 Å². The number of hydrogen-bond donors (Lipinski definition) is 2. The van der Waals surface area contributed by atoms with Crippen molar-refractivity contribution >= 4 is 40.9 Å². The fourth-order valence-electron chi connectivity index (χ4n) is 2.98. The Morgan fingerprint density at radius 1 is 0.968 bits per heavy atom. The third-order valence-corrected chi connectivity index (χ3v) is 5.52. The largest absolute Gasteiger partial charge is 0.478 e. The van der Waals surface area contributed by atoms with Crippen LogP contribution in [0, 0.1) is 0 Å². The zero-order valence-corrected chi connectivity index (χ0v) is 18.6. The fraction of sp³-hybridized carbons (Fsp3) is 0.261. The monoisotopic (exact) mass is 442 g/mol. The van der Waals surface area contributed by atoms with Crippen molar-refractivity contribution in [2.45, 2.75) is 23.1 Å². The lowest BCUT2D eigenvalue weighted by Crippen LogP contribution is -2.25. The summed E-state index contributed by atoms with van der Waals surface area (Å²) in [5.74, 6) is -2.40. The highest BCUT2D eigenvalue weighted by Crippen LogP contribution is 2.48. The molecule has 2 aromatic carbocycles. The van der Waals surface area contributed by atoms with E-state index in [1.807, 2.05) is 12.1 Å². The summed E-state index contributed by atoms with van der Waals surface area (Å²) in [7, 11) is 4.20. The standard InChI is InChI=1S/C19H22N2OS.C4H4O4/c1-14(22)15-9-10-19-17(13-15)21(12-6-11-20(2)3)16-7-4-5-8-18(16)23-19;5-3(6)1-2-4(7)8/h4-5,7-10,13H,6,11-12H2,1-3H3;1-2H,(H,5,6)(H,7,8). The zero-order valence-electron chi connectivity index (χ0n) is 17.7. The minimum atomic E-state index is -1.26. The fourth-order valence-corrected chi connectivity index (χ4v) is 4.05. The first-order valence-corrected chi connectivity index (χ1v) is 10.5. The molecule has 0 amide bonds. The molecular formula is C23H26N2O5S. The van der Waals surface area contributed by atoms with Crippen LogP contribution in [0.2, 0.25) is 0 Å². The summed E-state index contributed by atoms with van der Waals surface area (Å²) in [5, 5.41) is 15.6. The quantitative estimate of drug-likeness (QED) is 0.487. The Balaban J connectivity index is 0.000000366. The average molecular weight is 443 g/mol. The molecule has 0 bridgehead atoms. The van der Waals surface area contributed by atoms with Gasteiger partial charge in [-0.25, -0.2) is 9.59 Å². The summed E-state index contributed by atoms with van der Waals surface area (Å²) in [6, 6.07) is 14.5. The maximum Gasteiger partial charge on any atom is 0.328 e. The van der Waals surface area contributed by atoms with E-state index in [0.717, 1.165) is 30.8 Å². The Hall–Kier alpha value is -3.10. The van der Waals surface area contributed by atoms with Gasteiger partial charge < -0.3 is 20.0 Å². The van der Waals surface area contributed by atoms with Gasteiger partial charge in [-0.05, 0) is 58.3 Å². The predicted molar refractivity (Wildman–Crippen MR) is 122 cm³/mol. The van der Waals surface area contributed by atoms with Crippen molar-refractivity contribution in [3.05, 3.63) is 60.2 Å². The number of anilines is 2. The van der Waals surface area contributed by atoms with E-state index >= 15 is 0 Å². The highest BCUT2D eigenvalue weighted by molar-refractivity contribution is 7.99. The molecule has 0 saturated heterocycles. The molecule has 3 rings (SSSR count). The first kappa shape index (κ1) is 24.2. The van der Waals surface area contributed by atoms with Crippen molar-refractivity contribution < 1.29 is 24.6 Å². The van der Waals surface area contributed by atoms with Crippen LogP contribution in [-0.4, -0.2) is 60.0 Å². The summed E-state index contributed by atoms with van der Waals surface area (Å²) in [5.41, 5.74) is 3.17. The molecule has 0 atom stereocenters. The highest BCUT2D eigenvalue weighted by atomic mass is 32.2. The second-order valence-corrected chi connectivity index (χ2v) is 8.21. The smallest absolute Gasteiger partial charge is 0.328 e. The van der Waals surface area contributed by atoms with E-state index in [2.05, 4.69) is 54.2 Å². The number of carbonyl (C=O) groups excluding carboxylic acids is 1. The Labute approximate surface area is 186 Å². The molecule has 0 unspecified atom stereocenters. The summed E-state index contributed by atoms with van der Waals surface area (Å²) in [4.78, 5) is 37.9. The number of Topliss-reactive ketones (excluding diaryl/α,β-unsaturated/α-hetero) is 1. The van der Waals surface area contributed by atoms with Gasteiger partial charge in [0.2, 0.25) is 0 Å². The van der Waals surface area contributed by atoms with E-state index in [9.17, 15) is 14.4 Å². The summed E-state index contributed by atoms with van der Waals surface area (Å²) >= 11 is 1.78. The lowest BCUT2D eigenvalue weighted by atomic mass is 10.1. The molecule has 7 nitrogen and oxygen atoms in total. The molecule has 2 N–H and O–H groups in total. The molecule has 0 spiro atoms. The third-order valence-electron chi connectivity index (χ3n) is 4.39. The number of ketones is 1. The van der Waals surface area contributed by atoms with Crippen LogP contribution in [0.5, 0.6) is 0 Å². The number of carboxylic acid groups (broad SMARTS) is 2. The molecule has 1 aliphatic rings. The van der Waals surface area contributed by atoms with Gasteiger partial charge in [0, 0.05) is 34.1 Å². The van der Waals surface area contributed by atoms with E-state index in [1.165, 1.54) is 15.5 Å². The molecular weight excluding hydrogens is 416 g/mol. The molecule has 31 heavy (non-hydrogen) atoms. The van der Waals surface area contributed by atoms with Gasteiger partial charge in [-0.1, -0.05) is 30.0 Å². The van der Waals surface area contributed by atoms with Crippen molar-refractivity contribution in [3.63, 3.8) is 0 Å². The van der Waals surface area contributed by atoms with E-state index < -0.39 is 11.9 Å². The van der Waals surface area contributed by atoms with Crippen molar-refractivity contribution in [1.29, 1.82) is 0 Å². The zero-order chi connectivity index (χ0) is 23.0. The van der Waals surface area contributed by atoms with E-state index in [0.29, 0.717) is 12.2 Å². The number of nitrogens with zero attached hydrogens (tertiary/aromatic N) is 2. The number of carboxylic acids is 2. The van der Waals surface area contributed by atoms with Gasteiger partial charge in [-0.15, -0.1) is 0 Å². The van der Waals surface area contributed by atoms with Gasteiger partial charge in [0.15, 0.2) is 5.78 Å². The predicted octanol–water partition coefficient (Wildman–Crippen LogP) is 4.16. The molecule has 8 heteroatoms. The number of benzene rings is 2. The van der Waals surface area contributed by atoms with E-state index in [-0.39, 0.29) is 5.78 Å². The van der Waals surface area contributed by atoms with Crippen LogP contribution < -0.4 is 4.90 Å². The van der Waals surface area contributed by atoms with Crippen LogP contribution in [0.4, 0.5) is 11.4 Å². The number of rotatable bonds is 7. The summed E-state index contributed by atoms with van der Waals surface area (Å²) in [6.45, 7) is 3.62. The molecule has 0 aliphatic carbocycles. The van der Waals surface area contributed by atoms with Gasteiger partial charge in [0.1, 0.15) is 0 Å². The second-order valence-electron chi connectivity index (χ2n) is 7.13. The number of para-hydroxylation sites is 1. The molecule has 2 aromatic rings. The number of hydrogen-bond acceptors (Lipinski definition) is 6. The van der Waals surface area contributed by atoms with Crippen LogP contribution >= 0.6 is 11.8 Å². The summed E-state index contributed by atoms with van der Waals surface area (Å²) < 4.78 is 0. The van der Waals surface area contributed by atoms with Crippen molar-refractivity contribution in [1.82, 2.24) is 4.90 Å². The van der Waals surface area contributed by atoms with Gasteiger partial charge in [0.25, 0.3) is 0 Å². The molecule has 1 heterocycles. The Bertz CT molecular complexity index is 972. The van der Waals surface area contributed by atoms with Crippen molar-refractivity contribution in [3.8, 4) is 0 Å². The highest BCUT2D eigenvalue weighted by Gasteiger charge is 2.23. The van der Waals surface area contributed by atoms with Crippen LogP contribution in [0.3, 0.4) is 0 Å². The Kier molecular flexibility index (Phi) is 8.84. The van der Waals surface area contributed by atoms with Gasteiger partial charge in [-0.3, -0.25) is 4.79 Å². The molecule has 1 aliphatic heterocycles. The topological polar surface area (TPSA) is 98.2 Å². The number of aliphatic carboxylic acids is 2. The third kappa shape index (κ3) is 7.27. The van der Waals surface area contributed by atoms with Crippen molar-refractivity contribution in [2.24, 2.45) is 0 Å². The lowest BCUT2D eigenvalue weighted by molar-refractivity contribution is -0.134.